The fourth-order valence-corrected chi connectivity index (χ4v) is 9.44. The minimum absolute atomic E-state index is 0.116. The molecule has 40 heavy (non-hydrogen) atoms. The van der Waals surface area contributed by atoms with Crippen LogP contribution in [0.2, 0.25) is 0 Å². The van der Waals surface area contributed by atoms with Gasteiger partial charge in [-0.1, -0.05) is 44.2 Å². The molecule has 0 radical (unpaired) electrons. The third-order valence-corrected chi connectivity index (χ3v) is 11.2. The third-order valence-electron chi connectivity index (χ3n) is 11.2. The molecule has 8 heteroatoms. The molecule has 1 aromatic carbocycles. The van der Waals surface area contributed by atoms with Gasteiger partial charge < -0.3 is 19.5 Å². The highest BCUT2D eigenvalue weighted by Crippen LogP contribution is 2.47. The van der Waals surface area contributed by atoms with Gasteiger partial charge in [0.25, 0.3) is 5.56 Å². The minimum Gasteiger partial charge on any atom is -0.480 e. The Morgan fingerprint density at radius 3 is 2.20 bits per heavy atom. The molecule has 0 spiro atoms. The first kappa shape index (κ1) is 26.4. The summed E-state index contributed by atoms with van der Waals surface area (Å²) in [4.78, 5) is 37.9. The Morgan fingerprint density at radius 2 is 1.55 bits per heavy atom. The fourth-order valence-electron chi connectivity index (χ4n) is 9.44. The highest BCUT2D eigenvalue weighted by atomic mass is 16.4. The second-order valence-corrected chi connectivity index (χ2v) is 13.8. The van der Waals surface area contributed by atoms with Gasteiger partial charge >= 0.3 is 5.97 Å². The summed E-state index contributed by atoms with van der Waals surface area (Å²) in [6.07, 6.45) is 15.6. The van der Waals surface area contributed by atoms with Gasteiger partial charge in [0.05, 0.1) is 17.1 Å². The minimum atomic E-state index is -0.901. The number of carboxylic acids is 1. The Kier molecular flexibility index (Phi) is 6.90. The number of para-hydroxylation sites is 2. The number of piperidine rings is 2. The van der Waals surface area contributed by atoms with Crippen molar-refractivity contribution in [3.05, 3.63) is 34.6 Å². The number of hydrogen-bond acceptors (Lipinski definition) is 6. The predicted molar refractivity (Wildman–Crippen MR) is 157 cm³/mol. The quantitative estimate of drug-likeness (QED) is 0.590. The number of fused-ring (bicyclic) bond motifs is 5. The van der Waals surface area contributed by atoms with Crippen molar-refractivity contribution < 1.29 is 9.90 Å². The van der Waals surface area contributed by atoms with Gasteiger partial charge in [-0.2, -0.15) is 0 Å². The number of carboxylic acid groups (broad SMARTS) is 1. The molecule has 3 saturated heterocycles. The summed E-state index contributed by atoms with van der Waals surface area (Å²) in [7, 11) is 3.80. The molecule has 4 heterocycles. The van der Waals surface area contributed by atoms with Crippen LogP contribution in [-0.4, -0.2) is 81.3 Å². The monoisotopic (exact) mass is 547 g/mol. The van der Waals surface area contributed by atoms with E-state index in [9.17, 15) is 14.7 Å². The van der Waals surface area contributed by atoms with Crippen LogP contribution in [0, 0.1) is 11.8 Å². The van der Waals surface area contributed by atoms with Crippen molar-refractivity contribution in [2.24, 2.45) is 11.8 Å². The van der Waals surface area contributed by atoms with Crippen LogP contribution in [0.25, 0.3) is 11.0 Å². The van der Waals surface area contributed by atoms with Gasteiger partial charge in [-0.05, 0) is 83.0 Å². The molecule has 216 valence electrons. The van der Waals surface area contributed by atoms with E-state index in [0.717, 1.165) is 35.7 Å². The van der Waals surface area contributed by atoms with Gasteiger partial charge in [-0.3, -0.25) is 9.69 Å². The van der Waals surface area contributed by atoms with Crippen molar-refractivity contribution in [1.29, 1.82) is 0 Å². The van der Waals surface area contributed by atoms with Crippen LogP contribution in [0.15, 0.2) is 29.1 Å². The number of likely N-dealkylation sites (N-methyl/N-ethyl adjacent to an activating group) is 1. The maximum Gasteiger partial charge on any atom is 0.328 e. The van der Waals surface area contributed by atoms with E-state index in [-0.39, 0.29) is 17.6 Å². The number of carbonyl (C=O) groups is 1. The molecule has 2 saturated carbocycles. The van der Waals surface area contributed by atoms with Crippen LogP contribution < -0.4 is 10.5 Å². The zero-order valence-corrected chi connectivity index (χ0v) is 24.1. The zero-order valence-electron chi connectivity index (χ0n) is 24.1. The van der Waals surface area contributed by atoms with Crippen LogP contribution in [-0.2, 0) is 4.79 Å². The van der Waals surface area contributed by atoms with Crippen LogP contribution in [0.4, 0.5) is 5.82 Å². The predicted octanol–water partition coefficient (Wildman–Crippen LogP) is 4.52. The molecule has 2 aromatic rings. The first-order valence-electron chi connectivity index (χ1n) is 15.8. The zero-order chi connectivity index (χ0) is 27.5. The van der Waals surface area contributed by atoms with Crippen molar-refractivity contribution in [2.75, 3.05) is 25.5 Å². The van der Waals surface area contributed by atoms with Gasteiger partial charge in [0.15, 0.2) is 5.82 Å². The topological polar surface area (TPSA) is 81.9 Å². The number of aliphatic carboxylic acids is 1. The number of anilines is 1. The van der Waals surface area contributed by atoms with Crippen LogP contribution in [0.5, 0.6) is 0 Å². The maximum atomic E-state index is 14.3. The lowest BCUT2D eigenvalue weighted by molar-refractivity contribution is -0.142. The molecule has 8 nitrogen and oxygen atoms in total. The largest absolute Gasteiger partial charge is 0.480 e. The molecular weight excluding hydrogens is 502 g/mol. The molecule has 4 bridgehead atoms. The van der Waals surface area contributed by atoms with E-state index in [4.69, 9.17) is 4.98 Å². The van der Waals surface area contributed by atoms with Crippen molar-refractivity contribution in [1.82, 2.24) is 19.4 Å². The summed E-state index contributed by atoms with van der Waals surface area (Å²) < 4.78 is 2.02. The molecule has 1 aromatic heterocycles. The number of aromatic nitrogens is 2. The number of benzene rings is 1. The summed E-state index contributed by atoms with van der Waals surface area (Å²) in [5.74, 6) is 1.21. The van der Waals surface area contributed by atoms with Crippen molar-refractivity contribution in [3.63, 3.8) is 0 Å². The van der Waals surface area contributed by atoms with E-state index in [1.54, 1.807) is 4.90 Å². The van der Waals surface area contributed by atoms with Crippen molar-refractivity contribution in [3.8, 4) is 0 Å². The van der Waals surface area contributed by atoms with Crippen molar-refractivity contribution >= 4 is 22.8 Å². The lowest BCUT2D eigenvalue weighted by atomic mass is 9.73. The second-order valence-electron chi connectivity index (χ2n) is 13.8. The first-order valence-corrected chi connectivity index (χ1v) is 15.8. The Hall–Kier alpha value is -2.45. The highest BCUT2D eigenvalue weighted by Gasteiger charge is 2.48. The van der Waals surface area contributed by atoms with E-state index >= 15 is 0 Å². The molecular formula is C32H45N5O3. The maximum absolute atomic E-state index is 14.3. The van der Waals surface area contributed by atoms with E-state index in [2.05, 4.69) is 4.90 Å². The lowest BCUT2D eigenvalue weighted by Gasteiger charge is -2.54. The Bertz CT molecular complexity index is 1300. The average Bonchev–Trinajstić information content (AvgIpc) is 3.06. The van der Waals surface area contributed by atoms with Crippen LogP contribution >= 0.6 is 0 Å². The SMILES string of the molecule is CN(C)[C@@H]1CN(c2nc3ccccc3n(C3C[C@H]4CCC[C@@H](C3)N4C3CC4CCCCC(C4)C3)c2=O)[C@@H]1C(=O)O. The smallest absolute Gasteiger partial charge is 0.328 e. The molecule has 2 aliphatic carbocycles. The molecule has 5 aliphatic rings. The standard InChI is InChI=1S/C32H45N5O3/c1-34(2)28-19-35(29(28)32(39)40)30-31(38)37(27-13-6-5-12-26(27)33-30)25-17-22-10-7-11-23(18-25)36(22)24-15-20-8-3-4-9-21(14-20)16-24/h5-6,12-13,20-25,28-29H,3-4,7-11,14-19H2,1-2H3,(H,39,40)/t20?,21?,22-,23+,24?,25?,28-,29+/m1/s1. The summed E-state index contributed by atoms with van der Waals surface area (Å²) in [5, 5.41) is 10.0. The Labute approximate surface area is 237 Å². The molecule has 0 amide bonds. The normalized spacial score (nSPS) is 36.3. The number of nitrogens with zero attached hydrogens (tertiary/aromatic N) is 5. The van der Waals surface area contributed by atoms with E-state index in [1.807, 2.05) is 47.8 Å². The Balaban J connectivity index is 1.22. The molecule has 5 fully saturated rings. The van der Waals surface area contributed by atoms with E-state index in [1.165, 1.54) is 64.2 Å². The van der Waals surface area contributed by atoms with Crippen LogP contribution in [0.1, 0.15) is 83.1 Å². The summed E-state index contributed by atoms with van der Waals surface area (Å²) in [6.45, 7) is 0.498. The van der Waals surface area contributed by atoms with E-state index in [0.29, 0.717) is 30.5 Å². The first-order chi connectivity index (χ1) is 19.4. The molecule has 1 N–H and O–H groups in total. The molecule has 3 unspecified atom stereocenters. The lowest BCUT2D eigenvalue weighted by Crippen LogP contribution is -2.69. The van der Waals surface area contributed by atoms with Gasteiger partial charge in [0, 0.05) is 30.7 Å². The molecule has 3 aliphatic heterocycles. The third kappa shape index (κ3) is 4.46. The number of hydrogen-bond donors (Lipinski definition) is 1. The summed E-state index contributed by atoms with van der Waals surface area (Å²) >= 11 is 0. The van der Waals surface area contributed by atoms with Crippen molar-refractivity contribution in [2.45, 2.75) is 113 Å². The average molecular weight is 548 g/mol. The Morgan fingerprint density at radius 1 is 0.875 bits per heavy atom. The molecule has 7 rings (SSSR count). The van der Waals surface area contributed by atoms with Gasteiger partial charge in [0.1, 0.15) is 6.04 Å². The second kappa shape index (κ2) is 10.4. The van der Waals surface area contributed by atoms with Gasteiger partial charge in [-0.25, -0.2) is 9.78 Å². The summed E-state index contributed by atoms with van der Waals surface area (Å²) in [6, 6.07) is 8.92. The highest BCUT2D eigenvalue weighted by molar-refractivity contribution is 5.83. The van der Waals surface area contributed by atoms with Crippen LogP contribution in [0.3, 0.4) is 0 Å². The van der Waals surface area contributed by atoms with Gasteiger partial charge in [-0.15, -0.1) is 0 Å². The summed E-state index contributed by atoms with van der Waals surface area (Å²) in [5.41, 5.74) is 1.54. The molecule has 7 atom stereocenters. The van der Waals surface area contributed by atoms with Gasteiger partial charge in [0.2, 0.25) is 0 Å². The van der Waals surface area contributed by atoms with E-state index < -0.39 is 12.0 Å². The number of rotatable bonds is 5. The fraction of sp³-hybridized carbons (Fsp3) is 0.719.